The molecule has 0 aromatic heterocycles. The maximum atomic E-state index is 11.8. The molecule has 0 radical (unpaired) electrons. The van der Waals surface area contributed by atoms with E-state index in [1.165, 1.54) is 0 Å². The number of carbonyl (C=O) groups excluding carboxylic acids is 1. The molecule has 0 saturated carbocycles. The molecule has 1 heterocycles. The van der Waals surface area contributed by atoms with E-state index < -0.39 is 18.4 Å². The number of benzene rings is 1. The molecule has 1 aliphatic heterocycles. The molecule has 1 fully saturated rings. The Balaban J connectivity index is 2.08. The maximum Gasteiger partial charge on any atom is 0.341 e. The third kappa shape index (κ3) is 2.65. The van der Waals surface area contributed by atoms with Crippen molar-refractivity contribution >= 4 is 5.97 Å². The molecule has 2 atom stereocenters. The zero-order valence-electron chi connectivity index (χ0n) is 10.2. The number of ether oxygens (including phenoxy) is 1. The first-order valence-electron chi connectivity index (χ1n) is 5.56. The van der Waals surface area contributed by atoms with Gasteiger partial charge in [0.15, 0.2) is 6.10 Å². The van der Waals surface area contributed by atoms with Crippen LogP contribution in [0.25, 0.3) is 0 Å². The summed E-state index contributed by atoms with van der Waals surface area (Å²) in [5.41, 5.74) is 0.409. The molecule has 1 aliphatic rings. The fourth-order valence-electron chi connectivity index (χ4n) is 1.56. The van der Waals surface area contributed by atoms with Crippen LogP contribution in [0.3, 0.4) is 0 Å². The quantitative estimate of drug-likeness (QED) is 0.555. The van der Waals surface area contributed by atoms with Crippen molar-refractivity contribution in [3.63, 3.8) is 0 Å². The monoisotopic (exact) mass is 236 g/mol. The van der Waals surface area contributed by atoms with E-state index in [1.54, 1.807) is 0 Å². The SMILES string of the molecule is CC(C)(C)C1OOC(c2ccccc2)OC1=O. The van der Waals surface area contributed by atoms with Gasteiger partial charge in [-0.25, -0.2) is 9.68 Å². The van der Waals surface area contributed by atoms with Crippen LogP contribution < -0.4 is 0 Å². The first kappa shape index (κ1) is 12.1. The van der Waals surface area contributed by atoms with Crippen LogP contribution in [0, 0.1) is 5.41 Å². The van der Waals surface area contributed by atoms with Crippen molar-refractivity contribution in [1.29, 1.82) is 0 Å². The minimum atomic E-state index is -0.776. The van der Waals surface area contributed by atoms with E-state index in [2.05, 4.69) is 0 Å². The highest BCUT2D eigenvalue weighted by Crippen LogP contribution is 2.32. The summed E-state index contributed by atoms with van der Waals surface area (Å²) in [5.74, 6) is -0.391. The molecule has 4 nitrogen and oxygen atoms in total. The van der Waals surface area contributed by atoms with Gasteiger partial charge >= 0.3 is 5.97 Å². The fraction of sp³-hybridized carbons (Fsp3) is 0.462. The lowest BCUT2D eigenvalue weighted by Gasteiger charge is -2.33. The summed E-state index contributed by atoms with van der Waals surface area (Å²) in [6, 6.07) is 9.22. The molecule has 17 heavy (non-hydrogen) atoms. The van der Waals surface area contributed by atoms with E-state index in [0.29, 0.717) is 0 Å². The lowest BCUT2D eigenvalue weighted by atomic mass is 9.89. The van der Waals surface area contributed by atoms with Gasteiger partial charge in [-0.15, -0.1) is 0 Å². The van der Waals surface area contributed by atoms with Crippen LogP contribution in [0.2, 0.25) is 0 Å². The molecule has 4 heteroatoms. The highest BCUT2D eigenvalue weighted by molar-refractivity contribution is 5.76. The zero-order valence-corrected chi connectivity index (χ0v) is 10.2. The molecule has 0 aliphatic carbocycles. The number of hydrogen-bond acceptors (Lipinski definition) is 4. The van der Waals surface area contributed by atoms with E-state index in [9.17, 15) is 4.79 Å². The summed E-state index contributed by atoms with van der Waals surface area (Å²) in [6.07, 6.45) is -1.47. The lowest BCUT2D eigenvalue weighted by molar-refractivity contribution is -0.429. The summed E-state index contributed by atoms with van der Waals surface area (Å²) in [6.45, 7) is 5.68. The Labute approximate surface area is 100 Å². The molecular weight excluding hydrogens is 220 g/mol. The molecule has 0 spiro atoms. The average molecular weight is 236 g/mol. The molecule has 92 valence electrons. The van der Waals surface area contributed by atoms with Gasteiger partial charge in [0.1, 0.15) is 0 Å². The average Bonchev–Trinajstić information content (AvgIpc) is 2.28. The number of hydrogen-bond donors (Lipinski definition) is 0. The van der Waals surface area contributed by atoms with Gasteiger partial charge in [-0.1, -0.05) is 51.1 Å². The Morgan fingerprint density at radius 3 is 2.24 bits per heavy atom. The van der Waals surface area contributed by atoms with E-state index in [1.807, 2.05) is 51.1 Å². The minimum absolute atomic E-state index is 0.348. The smallest absolute Gasteiger partial charge is 0.341 e. The Hall–Kier alpha value is -1.39. The Morgan fingerprint density at radius 2 is 1.71 bits per heavy atom. The van der Waals surface area contributed by atoms with Crippen molar-refractivity contribution < 1.29 is 19.3 Å². The molecule has 2 unspecified atom stereocenters. The van der Waals surface area contributed by atoms with Crippen LogP contribution in [0.15, 0.2) is 30.3 Å². The first-order chi connectivity index (χ1) is 7.98. The van der Waals surface area contributed by atoms with Crippen LogP contribution in [0.4, 0.5) is 0 Å². The van der Waals surface area contributed by atoms with Crippen molar-refractivity contribution in [2.75, 3.05) is 0 Å². The van der Waals surface area contributed by atoms with Gasteiger partial charge in [0, 0.05) is 11.0 Å². The third-order valence-electron chi connectivity index (χ3n) is 2.53. The van der Waals surface area contributed by atoms with Crippen LogP contribution in [-0.2, 0) is 19.3 Å². The highest BCUT2D eigenvalue weighted by atomic mass is 17.2. The predicted octanol–water partition coefficient (Wildman–Crippen LogP) is 2.60. The Bertz CT molecular complexity index is 394. The predicted molar refractivity (Wildman–Crippen MR) is 60.7 cm³/mol. The zero-order chi connectivity index (χ0) is 12.5. The van der Waals surface area contributed by atoms with Gasteiger partial charge in [0.05, 0.1) is 0 Å². The topological polar surface area (TPSA) is 44.8 Å². The molecule has 2 rings (SSSR count). The first-order valence-corrected chi connectivity index (χ1v) is 5.56. The van der Waals surface area contributed by atoms with Gasteiger partial charge in [-0.05, 0) is 0 Å². The third-order valence-corrected chi connectivity index (χ3v) is 2.53. The molecule has 0 bridgehead atoms. The summed E-state index contributed by atoms with van der Waals surface area (Å²) in [4.78, 5) is 22.1. The Morgan fingerprint density at radius 1 is 1.06 bits per heavy atom. The second kappa shape index (κ2) is 4.47. The normalized spacial score (nSPS) is 25.5. The van der Waals surface area contributed by atoms with Crippen LogP contribution in [0.5, 0.6) is 0 Å². The van der Waals surface area contributed by atoms with Crippen LogP contribution >= 0.6 is 0 Å². The van der Waals surface area contributed by atoms with Gasteiger partial charge in [0.25, 0.3) is 6.29 Å². The van der Waals surface area contributed by atoms with Crippen LogP contribution in [0.1, 0.15) is 32.6 Å². The summed E-state index contributed by atoms with van der Waals surface area (Å²) in [5, 5.41) is 0. The van der Waals surface area contributed by atoms with E-state index in [4.69, 9.17) is 14.5 Å². The summed E-state index contributed by atoms with van der Waals surface area (Å²) in [7, 11) is 0. The molecule has 0 N–H and O–H groups in total. The van der Waals surface area contributed by atoms with E-state index >= 15 is 0 Å². The van der Waals surface area contributed by atoms with Gasteiger partial charge in [-0.3, -0.25) is 0 Å². The molecule has 0 amide bonds. The van der Waals surface area contributed by atoms with Crippen LogP contribution in [-0.4, -0.2) is 12.1 Å². The highest BCUT2D eigenvalue weighted by Gasteiger charge is 2.41. The second-order valence-corrected chi connectivity index (χ2v) is 5.12. The van der Waals surface area contributed by atoms with Crippen molar-refractivity contribution in [1.82, 2.24) is 0 Å². The number of carbonyl (C=O) groups is 1. The largest absolute Gasteiger partial charge is 0.426 e. The number of rotatable bonds is 1. The van der Waals surface area contributed by atoms with Gasteiger partial charge in [-0.2, -0.15) is 4.89 Å². The number of cyclic esters (lactones) is 1. The summed E-state index contributed by atoms with van der Waals surface area (Å²) < 4.78 is 5.23. The second-order valence-electron chi connectivity index (χ2n) is 5.12. The van der Waals surface area contributed by atoms with Crippen molar-refractivity contribution in [3.05, 3.63) is 35.9 Å². The lowest BCUT2D eigenvalue weighted by Crippen LogP contribution is -2.43. The Kier molecular flexibility index (Phi) is 3.17. The standard InChI is InChI=1S/C13H16O4/c1-13(2,3)10-11(14)15-12(17-16-10)9-7-5-4-6-8-9/h4-8,10,12H,1-3H3. The van der Waals surface area contributed by atoms with Crippen molar-refractivity contribution in [3.8, 4) is 0 Å². The fourth-order valence-corrected chi connectivity index (χ4v) is 1.56. The molecular formula is C13H16O4. The van der Waals surface area contributed by atoms with Crippen molar-refractivity contribution in [2.24, 2.45) is 5.41 Å². The van der Waals surface area contributed by atoms with Crippen molar-refractivity contribution in [2.45, 2.75) is 33.2 Å². The summed E-state index contributed by atoms with van der Waals surface area (Å²) >= 11 is 0. The molecule has 1 aromatic carbocycles. The molecule has 1 aromatic rings. The maximum absolute atomic E-state index is 11.8. The molecule has 1 saturated heterocycles. The van der Waals surface area contributed by atoms with E-state index in [0.717, 1.165) is 5.56 Å². The number of esters is 1. The minimum Gasteiger partial charge on any atom is -0.426 e. The van der Waals surface area contributed by atoms with Gasteiger partial charge < -0.3 is 4.74 Å². The van der Waals surface area contributed by atoms with E-state index in [-0.39, 0.29) is 5.41 Å². The van der Waals surface area contributed by atoms with Gasteiger partial charge in [0.2, 0.25) is 0 Å².